The molecule has 0 saturated carbocycles. The number of carbonyl (C=O) groups is 1. The normalized spacial score (nSPS) is 13.5. The quantitative estimate of drug-likeness (QED) is 0.349. The highest BCUT2D eigenvalue weighted by Crippen LogP contribution is 2.28. The molecule has 0 spiro atoms. The van der Waals surface area contributed by atoms with E-state index in [0.717, 1.165) is 5.56 Å². The lowest BCUT2D eigenvalue weighted by Gasteiger charge is -2.25. The summed E-state index contributed by atoms with van der Waals surface area (Å²) in [6.07, 6.45) is 0. The van der Waals surface area contributed by atoms with E-state index in [9.17, 15) is 4.79 Å². The van der Waals surface area contributed by atoms with Gasteiger partial charge in [-0.1, -0.05) is 30.3 Å². The molecule has 4 nitrogen and oxygen atoms in total. The highest BCUT2D eigenvalue weighted by molar-refractivity contribution is 5.88. The number of esters is 1. The van der Waals surface area contributed by atoms with Crippen LogP contribution in [0.2, 0.25) is 0 Å². The first-order valence-electron chi connectivity index (χ1n) is 5.35. The maximum absolute atomic E-state index is 11.8. The van der Waals surface area contributed by atoms with Gasteiger partial charge in [0.1, 0.15) is 11.2 Å². The van der Waals surface area contributed by atoms with E-state index in [0.29, 0.717) is 5.57 Å². The van der Waals surface area contributed by atoms with Gasteiger partial charge in [0, 0.05) is 0 Å². The highest BCUT2D eigenvalue weighted by Gasteiger charge is 2.32. The second-order valence-corrected chi connectivity index (χ2v) is 4.34. The minimum atomic E-state index is -0.685. The Kier molecular flexibility index (Phi) is 2.79. The molecule has 0 aliphatic carbocycles. The van der Waals surface area contributed by atoms with E-state index in [1.165, 1.54) is 0 Å². The van der Waals surface area contributed by atoms with Crippen LogP contribution in [0.3, 0.4) is 0 Å². The SMILES string of the molecule is CC(C(=O)OC(C)(C)c1ccccc1)=C1OO1. The first-order valence-corrected chi connectivity index (χ1v) is 5.35. The zero-order valence-electron chi connectivity index (χ0n) is 10.0. The number of hydrogen-bond acceptors (Lipinski definition) is 4. The molecule has 1 saturated heterocycles. The Hall–Kier alpha value is -1.97. The van der Waals surface area contributed by atoms with Gasteiger partial charge in [-0.05, 0) is 26.3 Å². The molecule has 0 bridgehead atoms. The second kappa shape index (κ2) is 4.13. The molecule has 1 fully saturated rings. The molecule has 0 aromatic heterocycles. The summed E-state index contributed by atoms with van der Waals surface area (Å²) < 4.78 is 5.43. The predicted molar refractivity (Wildman–Crippen MR) is 60.4 cm³/mol. The number of ether oxygens (including phenoxy) is 1. The van der Waals surface area contributed by atoms with E-state index in [4.69, 9.17) is 4.74 Å². The minimum Gasteiger partial charge on any atom is -0.451 e. The first kappa shape index (κ1) is 11.5. The summed E-state index contributed by atoms with van der Waals surface area (Å²) in [7, 11) is 0. The molecule has 2 rings (SSSR count). The molecular weight excluding hydrogens is 220 g/mol. The van der Waals surface area contributed by atoms with Gasteiger partial charge in [-0.3, -0.25) is 0 Å². The third-order valence-corrected chi connectivity index (χ3v) is 2.60. The van der Waals surface area contributed by atoms with Crippen LogP contribution in [0.25, 0.3) is 0 Å². The highest BCUT2D eigenvalue weighted by atomic mass is 17.4. The predicted octanol–water partition coefficient (Wildman–Crippen LogP) is 2.66. The van der Waals surface area contributed by atoms with Crippen LogP contribution in [0.15, 0.2) is 41.9 Å². The van der Waals surface area contributed by atoms with Crippen molar-refractivity contribution in [3.8, 4) is 0 Å². The molecule has 0 atom stereocenters. The van der Waals surface area contributed by atoms with Crippen LogP contribution in [0.5, 0.6) is 0 Å². The smallest absolute Gasteiger partial charge is 0.389 e. The van der Waals surface area contributed by atoms with Crippen LogP contribution in [-0.4, -0.2) is 5.97 Å². The Morgan fingerprint density at radius 3 is 2.29 bits per heavy atom. The molecule has 0 N–H and O–H groups in total. The molecule has 1 aliphatic rings. The standard InChI is InChI=1S/C13H14O4/c1-9(12-16-17-12)11(14)15-13(2,3)10-7-5-4-6-8-10/h4-8H,1-3H3. The molecule has 1 heterocycles. The van der Waals surface area contributed by atoms with E-state index in [-0.39, 0.29) is 5.95 Å². The summed E-state index contributed by atoms with van der Waals surface area (Å²) in [5.41, 5.74) is 0.590. The minimum absolute atomic E-state index is 0.235. The van der Waals surface area contributed by atoms with E-state index in [2.05, 4.69) is 9.78 Å². The molecule has 1 aliphatic heterocycles. The summed E-state index contributed by atoms with van der Waals surface area (Å²) in [5.74, 6) is -0.204. The van der Waals surface area contributed by atoms with Crippen molar-refractivity contribution in [3.63, 3.8) is 0 Å². The van der Waals surface area contributed by atoms with Crippen molar-refractivity contribution >= 4 is 5.97 Å². The molecule has 90 valence electrons. The van der Waals surface area contributed by atoms with Crippen LogP contribution in [0.4, 0.5) is 0 Å². The van der Waals surface area contributed by atoms with Crippen molar-refractivity contribution < 1.29 is 19.3 Å². The zero-order valence-corrected chi connectivity index (χ0v) is 10.0. The van der Waals surface area contributed by atoms with Crippen LogP contribution < -0.4 is 0 Å². The van der Waals surface area contributed by atoms with Gasteiger partial charge >= 0.3 is 11.9 Å². The number of hydrogen-bond donors (Lipinski definition) is 0. The van der Waals surface area contributed by atoms with Crippen molar-refractivity contribution in [2.24, 2.45) is 0 Å². The number of benzene rings is 1. The average molecular weight is 234 g/mol. The van der Waals surface area contributed by atoms with Crippen molar-refractivity contribution in [2.45, 2.75) is 26.4 Å². The van der Waals surface area contributed by atoms with E-state index in [1.807, 2.05) is 44.2 Å². The largest absolute Gasteiger partial charge is 0.451 e. The fourth-order valence-electron chi connectivity index (χ4n) is 1.44. The van der Waals surface area contributed by atoms with E-state index in [1.54, 1.807) is 6.92 Å². The van der Waals surface area contributed by atoms with Crippen LogP contribution in [-0.2, 0) is 24.9 Å². The van der Waals surface area contributed by atoms with Gasteiger partial charge in [-0.15, -0.1) is 0 Å². The molecule has 1 aromatic rings. The van der Waals surface area contributed by atoms with Crippen LogP contribution >= 0.6 is 0 Å². The van der Waals surface area contributed by atoms with Crippen molar-refractivity contribution in [1.29, 1.82) is 0 Å². The van der Waals surface area contributed by atoms with Crippen LogP contribution in [0.1, 0.15) is 26.3 Å². The Morgan fingerprint density at radius 1 is 1.18 bits per heavy atom. The molecule has 0 unspecified atom stereocenters. The van der Waals surface area contributed by atoms with Gasteiger partial charge in [0.15, 0.2) is 0 Å². The second-order valence-electron chi connectivity index (χ2n) is 4.34. The number of rotatable bonds is 3. The molecule has 0 radical (unpaired) electrons. The van der Waals surface area contributed by atoms with Gasteiger partial charge in [0.05, 0.1) is 0 Å². The number of carbonyl (C=O) groups excluding carboxylic acids is 1. The molecule has 0 amide bonds. The fraction of sp³-hybridized carbons (Fsp3) is 0.308. The summed E-state index contributed by atoms with van der Waals surface area (Å²) in [6, 6.07) is 9.56. The Bertz CT molecular complexity index is 454. The van der Waals surface area contributed by atoms with E-state index < -0.39 is 11.6 Å². The van der Waals surface area contributed by atoms with Gasteiger partial charge in [0.25, 0.3) is 0 Å². The van der Waals surface area contributed by atoms with Crippen molar-refractivity contribution in [2.75, 3.05) is 0 Å². The third kappa shape index (κ3) is 2.58. The average Bonchev–Trinajstić information content (AvgIpc) is 3.12. The van der Waals surface area contributed by atoms with Gasteiger partial charge in [-0.2, -0.15) is 0 Å². The molecule has 4 heteroatoms. The molecule has 1 aromatic carbocycles. The van der Waals surface area contributed by atoms with Gasteiger partial charge in [-0.25, -0.2) is 14.6 Å². The third-order valence-electron chi connectivity index (χ3n) is 2.60. The maximum Gasteiger partial charge on any atom is 0.389 e. The monoisotopic (exact) mass is 234 g/mol. The Balaban J connectivity index is 2.12. The Morgan fingerprint density at radius 2 is 1.76 bits per heavy atom. The summed E-state index contributed by atoms with van der Waals surface area (Å²) >= 11 is 0. The lowest BCUT2D eigenvalue weighted by molar-refractivity contribution is -0.152. The summed E-state index contributed by atoms with van der Waals surface area (Å²) in [4.78, 5) is 20.8. The lowest BCUT2D eigenvalue weighted by Crippen LogP contribution is -2.26. The summed E-state index contributed by atoms with van der Waals surface area (Å²) in [5, 5.41) is 0. The maximum atomic E-state index is 11.8. The lowest BCUT2D eigenvalue weighted by atomic mass is 9.98. The van der Waals surface area contributed by atoms with Crippen LogP contribution in [0, 0.1) is 0 Å². The van der Waals surface area contributed by atoms with Gasteiger partial charge < -0.3 is 4.74 Å². The molecular formula is C13H14O4. The van der Waals surface area contributed by atoms with E-state index >= 15 is 0 Å². The molecule has 17 heavy (non-hydrogen) atoms. The fourth-order valence-corrected chi connectivity index (χ4v) is 1.44. The first-order chi connectivity index (χ1) is 8.00. The van der Waals surface area contributed by atoms with Crippen molar-refractivity contribution in [3.05, 3.63) is 47.4 Å². The zero-order chi connectivity index (χ0) is 12.5. The summed E-state index contributed by atoms with van der Waals surface area (Å²) in [6.45, 7) is 5.28. The topological polar surface area (TPSA) is 51.4 Å². The van der Waals surface area contributed by atoms with Crippen molar-refractivity contribution in [1.82, 2.24) is 0 Å². The Labute approximate surface area is 99.7 Å². The van der Waals surface area contributed by atoms with Gasteiger partial charge in [0.2, 0.25) is 0 Å².